The minimum absolute atomic E-state index is 0.00561. The number of benzene rings is 1. The normalized spacial score (nSPS) is 30.0. The van der Waals surface area contributed by atoms with E-state index < -0.39 is 5.91 Å². The van der Waals surface area contributed by atoms with E-state index in [9.17, 15) is 9.59 Å². The summed E-state index contributed by atoms with van der Waals surface area (Å²) in [4.78, 5) is 27.1. The third kappa shape index (κ3) is 2.86. The Balaban J connectivity index is 1.77. The lowest BCUT2D eigenvalue weighted by molar-refractivity contribution is -0.118. The molecule has 130 valence electrons. The van der Waals surface area contributed by atoms with Crippen LogP contribution in [0.4, 0.5) is 4.79 Å². The molecule has 6 heteroatoms. The van der Waals surface area contributed by atoms with Gasteiger partial charge in [0, 0.05) is 12.1 Å². The van der Waals surface area contributed by atoms with Crippen LogP contribution in [-0.4, -0.2) is 54.5 Å². The Morgan fingerprint density at radius 2 is 1.83 bits per heavy atom. The highest BCUT2D eigenvalue weighted by Crippen LogP contribution is 2.45. The van der Waals surface area contributed by atoms with Gasteiger partial charge in [-0.25, -0.2) is 4.79 Å². The fraction of sp³-hybridized carbons (Fsp3) is 0.556. The molecule has 2 aliphatic rings. The van der Waals surface area contributed by atoms with Gasteiger partial charge < -0.3 is 16.0 Å². The average molecular weight is 330 g/mol. The van der Waals surface area contributed by atoms with Crippen LogP contribution in [0.5, 0.6) is 0 Å². The number of nitrogens with one attached hydrogen (secondary N) is 1. The first-order valence-electron chi connectivity index (χ1n) is 8.45. The van der Waals surface area contributed by atoms with Crippen molar-refractivity contribution < 1.29 is 9.59 Å². The maximum atomic E-state index is 12.1. The van der Waals surface area contributed by atoms with Gasteiger partial charge in [0.05, 0.1) is 5.54 Å². The Labute approximate surface area is 143 Å². The number of carbonyl (C=O) groups is 2. The van der Waals surface area contributed by atoms with Gasteiger partial charge in [-0.3, -0.25) is 9.69 Å². The van der Waals surface area contributed by atoms with Crippen molar-refractivity contribution in [3.05, 3.63) is 35.9 Å². The van der Waals surface area contributed by atoms with Crippen molar-refractivity contribution in [1.29, 1.82) is 0 Å². The number of hydrogen-bond donors (Lipinski definition) is 2. The summed E-state index contributed by atoms with van der Waals surface area (Å²) >= 11 is 0. The highest BCUT2D eigenvalue weighted by atomic mass is 16.2. The van der Waals surface area contributed by atoms with Crippen molar-refractivity contribution in [2.75, 3.05) is 27.2 Å². The van der Waals surface area contributed by atoms with Crippen LogP contribution in [0.15, 0.2) is 30.3 Å². The van der Waals surface area contributed by atoms with Crippen molar-refractivity contribution in [3.8, 4) is 0 Å². The second-order valence-corrected chi connectivity index (χ2v) is 7.32. The number of hydrogen-bond acceptors (Lipinski definition) is 3. The lowest BCUT2D eigenvalue weighted by atomic mass is 9.69. The molecule has 1 saturated heterocycles. The minimum Gasteiger partial charge on any atom is -0.368 e. The Morgan fingerprint density at radius 1 is 1.21 bits per heavy atom. The van der Waals surface area contributed by atoms with Crippen LogP contribution >= 0.6 is 0 Å². The fourth-order valence-corrected chi connectivity index (χ4v) is 4.27. The van der Waals surface area contributed by atoms with E-state index in [1.807, 2.05) is 6.07 Å². The molecule has 1 aliphatic heterocycles. The molecule has 1 aromatic rings. The van der Waals surface area contributed by atoms with Crippen molar-refractivity contribution in [3.63, 3.8) is 0 Å². The van der Waals surface area contributed by atoms with Crippen LogP contribution < -0.4 is 11.1 Å². The molecule has 0 unspecified atom stereocenters. The molecule has 0 aromatic heterocycles. The Morgan fingerprint density at radius 3 is 2.38 bits per heavy atom. The average Bonchev–Trinajstić information content (AvgIpc) is 2.84. The number of primary amides is 1. The maximum absolute atomic E-state index is 12.1. The topological polar surface area (TPSA) is 78.7 Å². The summed E-state index contributed by atoms with van der Waals surface area (Å²) in [7, 11) is 4.25. The molecular formula is C18H26N4O2. The molecule has 6 nitrogen and oxygen atoms in total. The van der Waals surface area contributed by atoms with Crippen molar-refractivity contribution in [2.24, 2.45) is 5.73 Å². The van der Waals surface area contributed by atoms with E-state index >= 15 is 0 Å². The first kappa shape index (κ1) is 16.8. The molecule has 0 bridgehead atoms. The summed E-state index contributed by atoms with van der Waals surface area (Å²) in [6.07, 6.45) is 3.71. The molecule has 2 fully saturated rings. The number of urea groups is 1. The smallest absolute Gasteiger partial charge is 0.318 e. The third-order valence-corrected chi connectivity index (χ3v) is 5.70. The van der Waals surface area contributed by atoms with Gasteiger partial charge >= 0.3 is 6.03 Å². The largest absolute Gasteiger partial charge is 0.368 e. The summed E-state index contributed by atoms with van der Waals surface area (Å²) in [5, 5.41) is 3.11. The SMILES string of the molecule is CN(C)[C@]1(c2ccccc2)CC[C@]2(CC1)CN(CC(N)=O)C(=O)N2. The molecule has 24 heavy (non-hydrogen) atoms. The maximum Gasteiger partial charge on any atom is 0.318 e. The summed E-state index contributed by atoms with van der Waals surface area (Å²) in [6.45, 7) is 0.554. The van der Waals surface area contributed by atoms with Crippen LogP contribution in [0.2, 0.25) is 0 Å². The van der Waals surface area contributed by atoms with Crippen molar-refractivity contribution in [1.82, 2.24) is 15.1 Å². The van der Waals surface area contributed by atoms with Crippen LogP contribution in [-0.2, 0) is 10.3 Å². The van der Waals surface area contributed by atoms with Crippen LogP contribution in [0.3, 0.4) is 0 Å². The Hall–Kier alpha value is -2.08. The fourth-order valence-electron chi connectivity index (χ4n) is 4.27. The van der Waals surface area contributed by atoms with Gasteiger partial charge in [-0.1, -0.05) is 30.3 Å². The zero-order chi connectivity index (χ0) is 17.4. The summed E-state index contributed by atoms with van der Waals surface area (Å²) in [5.74, 6) is -0.468. The highest BCUT2D eigenvalue weighted by molar-refractivity contribution is 5.84. The second kappa shape index (κ2) is 6.09. The van der Waals surface area contributed by atoms with Gasteiger partial charge in [0.2, 0.25) is 5.91 Å². The Bertz CT molecular complexity index is 621. The molecule has 1 spiro atoms. The lowest BCUT2D eigenvalue weighted by Crippen LogP contribution is -2.54. The monoisotopic (exact) mass is 330 g/mol. The molecule has 3 amide bonds. The number of nitrogens with zero attached hydrogens (tertiary/aromatic N) is 2. The molecule has 1 aromatic carbocycles. The van der Waals surface area contributed by atoms with E-state index in [0.29, 0.717) is 6.54 Å². The number of rotatable bonds is 4. The second-order valence-electron chi connectivity index (χ2n) is 7.32. The van der Waals surface area contributed by atoms with Crippen LogP contribution in [0.25, 0.3) is 0 Å². The molecule has 1 saturated carbocycles. The predicted octanol–water partition coefficient (Wildman–Crippen LogP) is 1.27. The van der Waals surface area contributed by atoms with Crippen LogP contribution in [0, 0.1) is 0 Å². The molecule has 0 atom stereocenters. The first-order valence-corrected chi connectivity index (χ1v) is 8.45. The summed E-state index contributed by atoms with van der Waals surface area (Å²) in [6, 6.07) is 10.4. The van der Waals surface area contributed by atoms with E-state index in [-0.39, 0.29) is 23.7 Å². The van der Waals surface area contributed by atoms with Crippen molar-refractivity contribution in [2.45, 2.75) is 36.8 Å². The summed E-state index contributed by atoms with van der Waals surface area (Å²) in [5.41, 5.74) is 6.33. The minimum atomic E-state index is -0.468. The Kier molecular flexibility index (Phi) is 4.25. The zero-order valence-electron chi connectivity index (χ0n) is 14.4. The lowest BCUT2D eigenvalue weighted by Gasteiger charge is -2.48. The van der Waals surface area contributed by atoms with Gasteiger partial charge in [-0.05, 0) is 45.3 Å². The third-order valence-electron chi connectivity index (χ3n) is 5.70. The molecule has 3 rings (SSSR count). The zero-order valence-corrected chi connectivity index (χ0v) is 14.4. The molecule has 1 aliphatic carbocycles. The highest BCUT2D eigenvalue weighted by Gasteiger charge is 2.50. The van der Waals surface area contributed by atoms with E-state index in [1.54, 1.807) is 0 Å². The van der Waals surface area contributed by atoms with Gasteiger partial charge in [-0.2, -0.15) is 0 Å². The predicted molar refractivity (Wildman–Crippen MR) is 92.3 cm³/mol. The number of carbonyl (C=O) groups excluding carboxylic acids is 2. The van der Waals surface area contributed by atoms with Gasteiger partial charge in [-0.15, -0.1) is 0 Å². The van der Waals surface area contributed by atoms with Gasteiger partial charge in [0.15, 0.2) is 0 Å². The van der Waals surface area contributed by atoms with E-state index in [0.717, 1.165) is 25.7 Å². The van der Waals surface area contributed by atoms with Gasteiger partial charge in [0.1, 0.15) is 6.54 Å². The van der Waals surface area contributed by atoms with Gasteiger partial charge in [0.25, 0.3) is 0 Å². The van der Waals surface area contributed by atoms with E-state index in [4.69, 9.17) is 5.73 Å². The first-order chi connectivity index (χ1) is 11.4. The summed E-state index contributed by atoms with van der Waals surface area (Å²) < 4.78 is 0. The standard InChI is InChI=1S/C18H26N4O2/c1-21(2)18(14-6-4-3-5-7-14)10-8-17(9-11-18)13-22(12-15(19)23)16(24)20-17/h3-7H,8-13H2,1-2H3,(H2,19,23)(H,20,24)/t17-,18+. The quantitative estimate of drug-likeness (QED) is 0.872. The molecule has 3 N–H and O–H groups in total. The molecular weight excluding hydrogens is 304 g/mol. The van der Waals surface area contributed by atoms with E-state index in [1.165, 1.54) is 10.5 Å². The number of amides is 3. The van der Waals surface area contributed by atoms with Crippen LogP contribution in [0.1, 0.15) is 31.2 Å². The molecule has 1 heterocycles. The van der Waals surface area contributed by atoms with E-state index in [2.05, 4.69) is 48.6 Å². The molecule has 0 radical (unpaired) electrons. The number of nitrogens with two attached hydrogens (primary N) is 1. The van der Waals surface area contributed by atoms with Crippen molar-refractivity contribution >= 4 is 11.9 Å².